The van der Waals surface area contributed by atoms with Gasteiger partial charge in [0.25, 0.3) is 5.91 Å². The van der Waals surface area contributed by atoms with Gasteiger partial charge in [0.2, 0.25) is 5.78 Å². The van der Waals surface area contributed by atoms with E-state index in [-0.39, 0.29) is 11.7 Å². The van der Waals surface area contributed by atoms with Crippen molar-refractivity contribution in [2.24, 2.45) is 11.8 Å². The van der Waals surface area contributed by atoms with Crippen LogP contribution in [0.5, 0.6) is 5.75 Å². The number of hydrogen-bond donors (Lipinski definition) is 0. The largest absolute Gasteiger partial charge is 0.493 e. The predicted molar refractivity (Wildman–Crippen MR) is 125 cm³/mol. The summed E-state index contributed by atoms with van der Waals surface area (Å²) < 4.78 is 11.1. The summed E-state index contributed by atoms with van der Waals surface area (Å²) in [6.45, 7) is 4.48. The summed E-state index contributed by atoms with van der Waals surface area (Å²) in [5.74, 6) is -2.48. The van der Waals surface area contributed by atoms with Crippen molar-refractivity contribution in [3.8, 4) is 5.75 Å². The zero-order valence-corrected chi connectivity index (χ0v) is 19.7. The summed E-state index contributed by atoms with van der Waals surface area (Å²) >= 11 is 1.59. The standard InChI is InChI=1S/C25H29NO5S/c1-16(2)23(27)21-22(19-8-5-6-9-20(19)31-15-7-14-30-3)26(25(29)24(21)28)17-10-12-18(32-4)13-11-17/h5-6,8-13,16,21-22H,7,14-15H2,1-4H3. The van der Waals surface area contributed by atoms with Crippen molar-refractivity contribution in [3.05, 3.63) is 54.1 Å². The summed E-state index contributed by atoms with van der Waals surface area (Å²) in [6, 6.07) is 14.0. The maximum Gasteiger partial charge on any atom is 0.295 e. The molecule has 1 aliphatic heterocycles. The Labute approximate surface area is 193 Å². The van der Waals surface area contributed by atoms with E-state index in [1.54, 1.807) is 38.8 Å². The molecule has 2 unspecified atom stereocenters. The minimum absolute atomic E-state index is 0.245. The second-order valence-electron chi connectivity index (χ2n) is 7.95. The van der Waals surface area contributed by atoms with Crippen LogP contribution in [0.15, 0.2) is 53.4 Å². The number of methoxy groups -OCH3 is 1. The third kappa shape index (κ3) is 4.89. The van der Waals surface area contributed by atoms with Crippen LogP contribution in [0.3, 0.4) is 0 Å². The molecule has 1 fully saturated rings. The number of thioether (sulfide) groups is 1. The van der Waals surface area contributed by atoms with E-state index in [0.29, 0.717) is 36.6 Å². The van der Waals surface area contributed by atoms with E-state index in [1.807, 2.05) is 48.7 Å². The fourth-order valence-corrected chi connectivity index (χ4v) is 4.30. The van der Waals surface area contributed by atoms with Gasteiger partial charge in [-0.15, -0.1) is 11.8 Å². The van der Waals surface area contributed by atoms with Gasteiger partial charge in [-0.2, -0.15) is 0 Å². The Hall–Kier alpha value is -2.64. The first kappa shape index (κ1) is 24.0. The van der Waals surface area contributed by atoms with Gasteiger partial charge in [-0.3, -0.25) is 19.3 Å². The molecule has 0 aromatic heterocycles. The minimum Gasteiger partial charge on any atom is -0.493 e. The van der Waals surface area contributed by atoms with Crippen LogP contribution in [-0.4, -0.2) is 44.1 Å². The number of anilines is 1. The van der Waals surface area contributed by atoms with Gasteiger partial charge in [0, 0.05) is 42.2 Å². The van der Waals surface area contributed by atoms with Gasteiger partial charge >= 0.3 is 0 Å². The number of ketones is 2. The van der Waals surface area contributed by atoms with Gasteiger partial charge in [-0.1, -0.05) is 32.0 Å². The van der Waals surface area contributed by atoms with Crippen LogP contribution in [0.4, 0.5) is 5.69 Å². The molecule has 0 aliphatic carbocycles. The third-order valence-corrected chi connectivity index (χ3v) is 6.26. The number of ether oxygens (including phenoxy) is 2. The van der Waals surface area contributed by atoms with Gasteiger partial charge in [-0.25, -0.2) is 0 Å². The SMILES string of the molecule is COCCCOc1ccccc1C1C(C(=O)C(C)C)C(=O)C(=O)N1c1ccc(SC)cc1. The first-order valence-corrected chi connectivity index (χ1v) is 11.9. The molecule has 32 heavy (non-hydrogen) atoms. The van der Waals surface area contributed by atoms with Crippen LogP contribution in [0, 0.1) is 11.8 Å². The molecular formula is C25H29NO5S. The van der Waals surface area contributed by atoms with Crippen molar-refractivity contribution in [3.63, 3.8) is 0 Å². The Morgan fingerprint density at radius 3 is 2.38 bits per heavy atom. The third-order valence-electron chi connectivity index (χ3n) is 5.52. The van der Waals surface area contributed by atoms with E-state index in [1.165, 1.54) is 4.90 Å². The van der Waals surface area contributed by atoms with Crippen molar-refractivity contribution in [1.29, 1.82) is 0 Å². The number of carbonyl (C=O) groups excluding carboxylic acids is 3. The molecule has 0 N–H and O–H groups in total. The highest BCUT2D eigenvalue weighted by atomic mass is 32.2. The molecule has 0 radical (unpaired) electrons. The van der Waals surface area contributed by atoms with Gasteiger partial charge < -0.3 is 9.47 Å². The summed E-state index contributed by atoms with van der Waals surface area (Å²) in [7, 11) is 1.63. The van der Waals surface area contributed by atoms with Crippen LogP contribution in [0.1, 0.15) is 31.9 Å². The topological polar surface area (TPSA) is 72.9 Å². The van der Waals surface area contributed by atoms with Crippen molar-refractivity contribution in [2.75, 3.05) is 31.5 Å². The van der Waals surface area contributed by atoms with E-state index in [0.717, 1.165) is 4.90 Å². The second-order valence-corrected chi connectivity index (χ2v) is 8.83. The molecule has 1 aliphatic rings. The quantitative estimate of drug-likeness (QED) is 0.230. The van der Waals surface area contributed by atoms with Gasteiger partial charge in [0.15, 0.2) is 0 Å². The van der Waals surface area contributed by atoms with Crippen LogP contribution < -0.4 is 9.64 Å². The van der Waals surface area contributed by atoms with E-state index in [2.05, 4.69) is 0 Å². The highest BCUT2D eigenvalue weighted by molar-refractivity contribution is 7.98. The molecule has 2 aromatic rings. The second kappa shape index (κ2) is 10.8. The highest BCUT2D eigenvalue weighted by Crippen LogP contribution is 2.44. The van der Waals surface area contributed by atoms with Crippen LogP contribution >= 0.6 is 11.8 Å². The molecule has 0 saturated carbocycles. The Morgan fingerprint density at radius 1 is 1.06 bits per heavy atom. The van der Waals surface area contributed by atoms with Crippen molar-refractivity contribution in [1.82, 2.24) is 0 Å². The number of rotatable bonds is 10. The van der Waals surface area contributed by atoms with Crippen molar-refractivity contribution in [2.45, 2.75) is 31.2 Å². The van der Waals surface area contributed by atoms with Crippen molar-refractivity contribution < 1.29 is 23.9 Å². The zero-order chi connectivity index (χ0) is 23.3. The van der Waals surface area contributed by atoms with Crippen LogP contribution in [0.25, 0.3) is 0 Å². The van der Waals surface area contributed by atoms with E-state index >= 15 is 0 Å². The molecule has 3 rings (SSSR count). The summed E-state index contributed by atoms with van der Waals surface area (Å²) in [5, 5.41) is 0. The van der Waals surface area contributed by atoms with Gasteiger partial charge in [-0.05, 0) is 36.6 Å². The fourth-order valence-electron chi connectivity index (χ4n) is 3.90. The smallest absolute Gasteiger partial charge is 0.295 e. The van der Waals surface area contributed by atoms with Crippen molar-refractivity contribution >= 4 is 34.9 Å². The lowest BCUT2D eigenvalue weighted by molar-refractivity contribution is -0.139. The monoisotopic (exact) mass is 455 g/mol. The molecule has 6 nitrogen and oxygen atoms in total. The normalized spacial score (nSPS) is 18.5. The number of carbonyl (C=O) groups is 3. The van der Waals surface area contributed by atoms with E-state index in [9.17, 15) is 14.4 Å². The molecule has 1 saturated heterocycles. The average Bonchev–Trinajstić information content (AvgIpc) is 3.06. The first-order valence-electron chi connectivity index (χ1n) is 10.7. The lowest BCUT2D eigenvalue weighted by Gasteiger charge is -2.29. The van der Waals surface area contributed by atoms with E-state index < -0.39 is 23.7 Å². The summed E-state index contributed by atoms with van der Waals surface area (Å²) in [6.07, 6.45) is 2.67. The number of nitrogens with zero attached hydrogens (tertiary/aromatic N) is 1. The number of benzene rings is 2. The van der Waals surface area contributed by atoms with E-state index in [4.69, 9.17) is 9.47 Å². The maximum atomic E-state index is 13.2. The molecule has 2 atom stereocenters. The number of para-hydroxylation sites is 1. The average molecular weight is 456 g/mol. The fraction of sp³-hybridized carbons (Fsp3) is 0.400. The maximum absolute atomic E-state index is 13.2. The number of hydrogen-bond acceptors (Lipinski definition) is 6. The number of amides is 1. The predicted octanol–water partition coefficient (Wildman–Crippen LogP) is 4.32. The lowest BCUT2D eigenvalue weighted by atomic mass is 9.84. The number of Topliss-reactive ketones (excluding diaryl/α,β-unsaturated/α-hetero) is 2. The Kier molecular flexibility index (Phi) is 8.10. The Bertz CT molecular complexity index is 973. The van der Waals surface area contributed by atoms with Crippen LogP contribution in [-0.2, 0) is 19.1 Å². The summed E-state index contributed by atoms with van der Waals surface area (Å²) in [4.78, 5) is 41.8. The Balaban J connectivity index is 2.08. The molecule has 0 spiro atoms. The van der Waals surface area contributed by atoms with Gasteiger partial charge in [0.1, 0.15) is 17.5 Å². The zero-order valence-electron chi connectivity index (χ0n) is 18.9. The summed E-state index contributed by atoms with van der Waals surface area (Å²) in [5.41, 5.74) is 1.23. The molecule has 2 aromatic carbocycles. The molecule has 0 bridgehead atoms. The molecule has 1 amide bonds. The lowest BCUT2D eigenvalue weighted by Crippen LogP contribution is -2.32. The first-order chi connectivity index (χ1) is 15.4. The highest BCUT2D eigenvalue weighted by Gasteiger charge is 2.53. The minimum atomic E-state index is -1.08. The molecule has 1 heterocycles. The molecular weight excluding hydrogens is 426 g/mol. The molecule has 7 heteroatoms. The molecule has 170 valence electrons. The Morgan fingerprint density at radius 2 is 1.75 bits per heavy atom. The van der Waals surface area contributed by atoms with Gasteiger partial charge in [0.05, 0.1) is 12.6 Å². The van der Waals surface area contributed by atoms with Crippen LogP contribution in [0.2, 0.25) is 0 Å².